The Kier molecular flexibility index (Phi) is 6.25. The standard InChI is InChI=1S/C14H21N3O.ClH/c1-11(10-15-2)14(18)17-9-3-4-13(17)12-5-7-16-8-6-12;/h5-8,11,13,15H,3-4,9-10H2,1-2H3;1H. The van der Waals surface area contributed by atoms with Crippen molar-refractivity contribution >= 4 is 18.3 Å². The average molecular weight is 284 g/mol. The lowest BCUT2D eigenvalue weighted by atomic mass is 10.0. The summed E-state index contributed by atoms with van der Waals surface area (Å²) in [4.78, 5) is 18.5. The lowest BCUT2D eigenvalue weighted by Gasteiger charge is -2.27. The molecule has 1 aliphatic rings. The molecule has 1 fully saturated rings. The highest BCUT2D eigenvalue weighted by Gasteiger charge is 2.31. The van der Waals surface area contributed by atoms with E-state index in [0.717, 1.165) is 25.9 Å². The molecular weight excluding hydrogens is 262 g/mol. The maximum atomic E-state index is 12.4. The molecule has 1 amide bonds. The van der Waals surface area contributed by atoms with Crippen LogP contribution in [0, 0.1) is 5.92 Å². The van der Waals surface area contributed by atoms with Gasteiger partial charge in [-0.15, -0.1) is 12.4 Å². The second-order valence-corrected chi connectivity index (χ2v) is 4.93. The van der Waals surface area contributed by atoms with Crippen LogP contribution in [0.4, 0.5) is 0 Å². The highest BCUT2D eigenvalue weighted by molar-refractivity contribution is 5.85. The molecule has 1 saturated heterocycles. The number of nitrogens with one attached hydrogen (secondary N) is 1. The predicted octanol–water partition coefficient (Wildman–Crippen LogP) is 2.02. The van der Waals surface area contributed by atoms with Crippen molar-refractivity contribution in [3.05, 3.63) is 30.1 Å². The first-order valence-corrected chi connectivity index (χ1v) is 6.59. The molecule has 19 heavy (non-hydrogen) atoms. The van der Waals surface area contributed by atoms with Gasteiger partial charge in [-0.1, -0.05) is 6.92 Å². The number of pyridine rings is 1. The number of hydrogen-bond donors (Lipinski definition) is 1. The van der Waals surface area contributed by atoms with E-state index in [-0.39, 0.29) is 30.3 Å². The summed E-state index contributed by atoms with van der Waals surface area (Å²) in [5, 5.41) is 3.07. The van der Waals surface area contributed by atoms with Gasteiger partial charge in [0.2, 0.25) is 5.91 Å². The molecule has 2 unspecified atom stereocenters. The maximum absolute atomic E-state index is 12.4. The number of amides is 1. The van der Waals surface area contributed by atoms with Crippen LogP contribution in [0.2, 0.25) is 0 Å². The van der Waals surface area contributed by atoms with Gasteiger partial charge in [-0.2, -0.15) is 0 Å². The van der Waals surface area contributed by atoms with E-state index < -0.39 is 0 Å². The molecule has 1 N–H and O–H groups in total. The van der Waals surface area contributed by atoms with Gasteiger partial charge in [-0.25, -0.2) is 0 Å². The van der Waals surface area contributed by atoms with E-state index in [4.69, 9.17) is 0 Å². The number of carbonyl (C=O) groups is 1. The molecule has 2 atom stereocenters. The summed E-state index contributed by atoms with van der Waals surface area (Å²) in [5.74, 6) is 0.293. The molecule has 0 radical (unpaired) electrons. The molecule has 1 aliphatic heterocycles. The van der Waals surface area contributed by atoms with Gasteiger partial charge in [0.25, 0.3) is 0 Å². The fraction of sp³-hybridized carbons (Fsp3) is 0.571. The van der Waals surface area contributed by atoms with E-state index in [2.05, 4.69) is 10.3 Å². The number of halogens is 1. The molecule has 0 saturated carbocycles. The third-order valence-corrected chi connectivity index (χ3v) is 3.56. The molecule has 4 nitrogen and oxygen atoms in total. The average Bonchev–Trinajstić information content (AvgIpc) is 2.88. The molecule has 0 bridgehead atoms. The van der Waals surface area contributed by atoms with Crippen LogP contribution in [0.3, 0.4) is 0 Å². The fourth-order valence-electron chi connectivity index (χ4n) is 2.64. The fourth-order valence-corrected chi connectivity index (χ4v) is 2.64. The third-order valence-electron chi connectivity index (χ3n) is 3.56. The predicted molar refractivity (Wildman–Crippen MR) is 78.3 cm³/mol. The van der Waals surface area contributed by atoms with Crippen molar-refractivity contribution in [2.24, 2.45) is 5.92 Å². The largest absolute Gasteiger partial charge is 0.335 e. The molecule has 1 aromatic rings. The summed E-state index contributed by atoms with van der Waals surface area (Å²) in [6.07, 6.45) is 5.74. The lowest BCUT2D eigenvalue weighted by Crippen LogP contribution is -2.38. The Morgan fingerprint density at radius 1 is 1.53 bits per heavy atom. The number of nitrogens with zero attached hydrogens (tertiary/aromatic N) is 2. The number of likely N-dealkylation sites (tertiary alicyclic amines) is 1. The topological polar surface area (TPSA) is 45.2 Å². The van der Waals surface area contributed by atoms with Crippen LogP contribution in [0.1, 0.15) is 31.4 Å². The highest BCUT2D eigenvalue weighted by Crippen LogP contribution is 2.32. The smallest absolute Gasteiger partial charge is 0.227 e. The van der Waals surface area contributed by atoms with Crippen LogP contribution in [0.15, 0.2) is 24.5 Å². The van der Waals surface area contributed by atoms with Crippen molar-refractivity contribution in [1.29, 1.82) is 0 Å². The Labute approximate surface area is 121 Å². The minimum atomic E-state index is 0. The Morgan fingerprint density at radius 2 is 2.21 bits per heavy atom. The molecule has 1 aromatic heterocycles. The van der Waals surface area contributed by atoms with Crippen LogP contribution < -0.4 is 5.32 Å². The van der Waals surface area contributed by atoms with Crippen LogP contribution >= 0.6 is 12.4 Å². The molecular formula is C14H22ClN3O. The zero-order valence-electron chi connectivity index (χ0n) is 11.5. The first kappa shape index (κ1) is 15.9. The summed E-state index contributed by atoms with van der Waals surface area (Å²) in [6, 6.07) is 4.26. The van der Waals surface area contributed by atoms with Crippen LogP contribution in [-0.2, 0) is 4.79 Å². The minimum absolute atomic E-state index is 0. The Balaban J connectivity index is 0.00000180. The second kappa shape index (κ2) is 7.46. The maximum Gasteiger partial charge on any atom is 0.227 e. The van der Waals surface area contributed by atoms with Gasteiger partial charge in [-0.05, 0) is 37.6 Å². The van der Waals surface area contributed by atoms with Crippen LogP contribution in [-0.4, -0.2) is 35.9 Å². The summed E-state index contributed by atoms with van der Waals surface area (Å²) in [7, 11) is 1.88. The van der Waals surface area contributed by atoms with Crippen LogP contribution in [0.5, 0.6) is 0 Å². The van der Waals surface area contributed by atoms with Gasteiger partial charge >= 0.3 is 0 Å². The quantitative estimate of drug-likeness (QED) is 0.920. The molecule has 0 aromatic carbocycles. The lowest BCUT2D eigenvalue weighted by molar-refractivity contribution is -0.135. The van der Waals surface area contributed by atoms with E-state index >= 15 is 0 Å². The van der Waals surface area contributed by atoms with Gasteiger partial charge in [-0.3, -0.25) is 9.78 Å². The molecule has 2 rings (SSSR count). The van der Waals surface area contributed by atoms with Crippen molar-refractivity contribution in [2.45, 2.75) is 25.8 Å². The number of hydrogen-bond acceptors (Lipinski definition) is 3. The minimum Gasteiger partial charge on any atom is -0.335 e. The third kappa shape index (κ3) is 3.67. The van der Waals surface area contributed by atoms with E-state index in [9.17, 15) is 4.79 Å². The molecule has 0 aliphatic carbocycles. The number of carbonyl (C=O) groups excluding carboxylic acids is 1. The summed E-state index contributed by atoms with van der Waals surface area (Å²) >= 11 is 0. The van der Waals surface area contributed by atoms with Crippen LogP contribution in [0.25, 0.3) is 0 Å². The van der Waals surface area contributed by atoms with Gasteiger partial charge in [0.15, 0.2) is 0 Å². The number of rotatable bonds is 4. The van der Waals surface area contributed by atoms with E-state index in [0.29, 0.717) is 0 Å². The van der Waals surface area contributed by atoms with Crippen molar-refractivity contribution in [2.75, 3.05) is 20.1 Å². The van der Waals surface area contributed by atoms with Gasteiger partial charge < -0.3 is 10.2 Å². The van der Waals surface area contributed by atoms with Crippen molar-refractivity contribution in [3.63, 3.8) is 0 Å². The molecule has 0 spiro atoms. The second-order valence-electron chi connectivity index (χ2n) is 4.93. The van der Waals surface area contributed by atoms with E-state index in [1.54, 1.807) is 12.4 Å². The van der Waals surface area contributed by atoms with Crippen molar-refractivity contribution in [3.8, 4) is 0 Å². The van der Waals surface area contributed by atoms with Crippen molar-refractivity contribution < 1.29 is 4.79 Å². The van der Waals surface area contributed by atoms with E-state index in [1.807, 2.05) is 31.0 Å². The first-order valence-electron chi connectivity index (χ1n) is 6.59. The van der Waals surface area contributed by atoms with Gasteiger partial charge in [0, 0.05) is 31.4 Å². The SMILES string of the molecule is CNCC(C)C(=O)N1CCCC1c1ccncc1.Cl. The van der Waals surface area contributed by atoms with Gasteiger partial charge in [0.1, 0.15) is 0 Å². The summed E-state index contributed by atoms with van der Waals surface area (Å²) in [5.41, 5.74) is 1.20. The monoisotopic (exact) mass is 283 g/mol. The Bertz CT molecular complexity index is 399. The van der Waals surface area contributed by atoms with Gasteiger partial charge in [0.05, 0.1) is 6.04 Å². The van der Waals surface area contributed by atoms with E-state index in [1.165, 1.54) is 5.56 Å². The first-order chi connectivity index (χ1) is 8.74. The zero-order chi connectivity index (χ0) is 13.0. The Morgan fingerprint density at radius 3 is 2.84 bits per heavy atom. The number of aromatic nitrogens is 1. The molecule has 106 valence electrons. The summed E-state index contributed by atoms with van der Waals surface area (Å²) in [6.45, 7) is 3.60. The molecule has 5 heteroatoms. The normalized spacial score (nSPS) is 19.9. The summed E-state index contributed by atoms with van der Waals surface area (Å²) < 4.78 is 0. The van der Waals surface area contributed by atoms with Crippen molar-refractivity contribution in [1.82, 2.24) is 15.2 Å². The highest BCUT2D eigenvalue weighted by atomic mass is 35.5. The molecule has 2 heterocycles. The Hall–Kier alpha value is -1.13. The zero-order valence-corrected chi connectivity index (χ0v) is 12.3.